The first-order valence-corrected chi connectivity index (χ1v) is 7.21. The molecule has 1 fully saturated rings. The number of nitrogens with zero attached hydrogens (tertiary/aromatic N) is 3. The molecule has 1 aliphatic rings. The lowest BCUT2D eigenvalue weighted by Crippen LogP contribution is -2.44. The zero-order valence-electron chi connectivity index (χ0n) is 11.7. The van der Waals surface area contributed by atoms with E-state index in [0.717, 1.165) is 30.5 Å². The van der Waals surface area contributed by atoms with Gasteiger partial charge in [0.15, 0.2) is 0 Å². The van der Waals surface area contributed by atoms with Crippen LogP contribution in [0.15, 0.2) is 30.5 Å². The van der Waals surface area contributed by atoms with E-state index in [2.05, 4.69) is 9.88 Å². The normalized spacial score (nSPS) is 18.9. The molecule has 1 aliphatic heterocycles. The Morgan fingerprint density at radius 2 is 2.24 bits per heavy atom. The van der Waals surface area contributed by atoms with Gasteiger partial charge in [-0.15, -0.1) is 0 Å². The molecule has 2 N–H and O–H groups in total. The quantitative estimate of drug-likeness (QED) is 0.692. The summed E-state index contributed by atoms with van der Waals surface area (Å²) >= 11 is 0. The summed E-state index contributed by atoms with van der Waals surface area (Å²) in [7, 11) is 0. The van der Waals surface area contributed by atoms with E-state index in [9.17, 15) is 10.1 Å². The minimum atomic E-state index is -0.379. The van der Waals surface area contributed by atoms with Crippen molar-refractivity contribution in [2.45, 2.75) is 25.3 Å². The van der Waals surface area contributed by atoms with Crippen LogP contribution in [0, 0.1) is 10.1 Å². The van der Waals surface area contributed by atoms with Gasteiger partial charge in [0.2, 0.25) is 0 Å². The second-order valence-corrected chi connectivity index (χ2v) is 5.34. The molecular weight excluding hydrogens is 268 g/mol. The molecule has 21 heavy (non-hydrogen) atoms. The highest BCUT2D eigenvalue weighted by Crippen LogP contribution is 2.34. The predicted molar refractivity (Wildman–Crippen MR) is 82.4 cm³/mol. The summed E-state index contributed by atoms with van der Waals surface area (Å²) in [5, 5.41) is 12.0. The van der Waals surface area contributed by atoms with Crippen LogP contribution in [0.4, 0.5) is 11.4 Å². The Kier molecular flexibility index (Phi) is 3.70. The molecule has 110 valence electrons. The number of nitro groups is 1. The number of benzene rings is 1. The Morgan fingerprint density at radius 1 is 1.38 bits per heavy atom. The molecule has 0 saturated carbocycles. The fourth-order valence-corrected chi connectivity index (χ4v) is 3.10. The van der Waals surface area contributed by atoms with Gasteiger partial charge >= 0.3 is 0 Å². The summed E-state index contributed by atoms with van der Waals surface area (Å²) in [6.45, 7) is 1.53. The van der Waals surface area contributed by atoms with Gasteiger partial charge in [-0.1, -0.05) is 0 Å². The van der Waals surface area contributed by atoms with Gasteiger partial charge in [0, 0.05) is 42.5 Å². The molecular formula is C15H18N4O2. The molecule has 1 aromatic carbocycles. The van der Waals surface area contributed by atoms with Crippen molar-refractivity contribution >= 4 is 22.3 Å². The Labute approximate surface area is 122 Å². The number of nitrogens with two attached hydrogens (primary N) is 1. The first kappa shape index (κ1) is 13.8. The van der Waals surface area contributed by atoms with Gasteiger partial charge in [0.1, 0.15) is 5.52 Å². The monoisotopic (exact) mass is 286 g/mol. The van der Waals surface area contributed by atoms with Gasteiger partial charge in [-0.05, 0) is 37.5 Å². The fourth-order valence-electron chi connectivity index (χ4n) is 3.10. The standard InChI is InChI=1S/C15H18N4O2/c16-10-11-4-1-2-9-18(11)13-6-7-14(19(20)21)15-12(13)5-3-8-17-15/h3,5-8,11H,1-2,4,9-10,16H2. The molecule has 0 aliphatic carbocycles. The predicted octanol–water partition coefficient (Wildman–Crippen LogP) is 2.46. The fraction of sp³-hybridized carbons (Fsp3) is 0.400. The molecule has 2 heterocycles. The number of anilines is 1. The van der Waals surface area contributed by atoms with Crippen molar-refractivity contribution in [3.8, 4) is 0 Å². The molecule has 1 saturated heterocycles. The third-order valence-corrected chi connectivity index (χ3v) is 4.13. The van der Waals surface area contributed by atoms with Crippen LogP contribution in [0.3, 0.4) is 0 Å². The summed E-state index contributed by atoms with van der Waals surface area (Å²) in [6.07, 6.45) is 4.96. The average Bonchev–Trinajstić information content (AvgIpc) is 2.53. The number of rotatable bonds is 3. The lowest BCUT2D eigenvalue weighted by Gasteiger charge is -2.37. The third-order valence-electron chi connectivity index (χ3n) is 4.13. The number of nitro benzene ring substituents is 1. The van der Waals surface area contributed by atoms with E-state index in [1.165, 1.54) is 6.42 Å². The van der Waals surface area contributed by atoms with Crippen molar-refractivity contribution in [3.63, 3.8) is 0 Å². The molecule has 1 atom stereocenters. The molecule has 0 spiro atoms. The molecule has 0 amide bonds. The van der Waals surface area contributed by atoms with Gasteiger partial charge in [0.05, 0.1) is 4.92 Å². The Morgan fingerprint density at radius 3 is 3.00 bits per heavy atom. The van der Waals surface area contributed by atoms with E-state index in [1.807, 2.05) is 18.2 Å². The number of fused-ring (bicyclic) bond motifs is 1. The van der Waals surface area contributed by atoms with Crippen molar-refractivity contribution in [3.05, 3.63) is 40.6 Å². The zero-order valence-corrected chi connectivity index (χ0v) is 11.7. The molecule has 1 unspecified atom stereocenters. The van der Waals surface area contributed by atoms with Gasteiger partial charge in [-0.3, -0.25) is 10.1 Å². The first-order valence-electron chi connectivity index (χ1n) is 7.21. The smallest absolute Gasteiger partial charge is 0.295 e. The molecule has 0 bridgehead atoms. The van der Waals surface area contributed by atoms with E-state index in [0.29, 0.717) is 18.1 Å². The highest BCUT2D eigenvalue weighted by molar-refractivity contribution is 5.97. The minimum Gasteiger partial charge on any atom is -0.367 e. The number of hydrogen-bond acceptors (Lipinski definition) is 5. The minimum absolute atomic E-state index is 0.0515. The lowest BCUT2D eigenvalue weighted by molar-refractivity contribution is -0.383. The summed E-state index contributed by atoms with van der Waals surface area (Å²) < 4.78 is 0. The van der Waals surface area contributed by atoms with Crippen LogP contribution in [0.25, 0.3) is 10.9 Å². The molecule has 2 aromatic rings. The van der Waals surface area contributed by atoms with Crippen LogP contribution >= 0.6 is 0 Å². The SMILES string of the molecule is NCC1CCCCN1c1ccc([N+](=O)[O-])c2ncccc12. The zero-order chi connectivity index (χ0) is 14.8. The number of pyridine rings is 1. The summed E-state index contributed by atoms with van der Waals surface area (Å²) in [4.78, 5) is 17.3. The van der Waals surface area contributed by atoms with Gasteiger partial charge in [0.25, 0.3) is 5.69 Å². The first-order chi connectivity index (χ1) is 10.2. The van der Waals surface area contributed by atoms with Crippen molar-refractivity contribution in [1.29, 1.82) is 0 Å². The second kappa shape index (κ2) is 5.65. The summed E-state index contributed by atoms with van der Waals surface area (Å²) in [6, 6.07) is 7.39. The van der Waals surface area contributed by atoms with E-state index >= 15 is 0 Å². The van der Waals surface area contributed by atoms with Gasteiger partial charge < -0.3 is 10.6 Å². The highest BCUT2D eigenvalue weighted by Gasteiger charge is 2.25. The van der Waals surface area contributed by atoms with Crippen LogP contribution in [0.5, 0.6) is 0 Å². The lowest BCUT2D eigenvalue weighted by atomic mass is 10.00. The maximum atomic E-state index is 11.2. The molecule has 6 nitrogen and oxygen atoms in total. The molecule has 6 heteroatoms. The van der Waals surface area contributed by atoms with Crippen LogP contribution < -0.4 is 10.6 Å². The van der Waals surface area contributed by atoms with Crippen molar-refractivity contribution in [2.24, 2.45) is 5.73 Å². The highest BCUT2D eigenvalue weighted by atomic mass is 16.6. The Bertz CT molecular complexity index is 674. The number of hydrogen-bond donors (Lipinski definition) is 1. The molecule has 0 radical (unpaired) electrons. The topological polar surface area (TPSA) is 85.3 Å². The maximum Gasteiger partial charge on any atom is 0.295 e. The van der Waals surface area contributed by atoms with E-state index in [4.69, 9.17) is 5.73 Å². The Hall–Kier alpha value is -2.21. The van der Waals surface area contributed by atoms with Gasteiger partial charge in [-0.2, -0.15) is 0 Å². The van der Waals surface area contributed by atoms with Crippen LogP contribution in [-0.2, 0) is 0 Å². The second-order valence-electron chi connectivity index (χ2n) is 5.34. The van der Waals surface area contributed by atoms with Crippen LogP contribution in [0.1, 0.15) is 19.3 Å². The summed E-state index contributed by atoms with van der Waals surface area (Å²) in [5.74, 6) is 0. The van der Waals surface area contributed by atoms with E-state index in [1.54, 1.807) is 12.3 Å². The van der Waals surface area contributed by atoms with Crippen molar-refractivity contribution in [2.75, 3.05) is 18.0 Å². The van der Waals surface area contributed by atoms with Crippen molar-refractivity contribution < 1.29 is 4.92 Å². The van der Waals surface area contributed by atoms with Gasteiger partial charge in [-0.25, -0.2) is 4.98 Å². The third kappa shape index (κ3) is 2.42. The molecule has 3 rings (SSSR count). The number of piperidine rings is 1. The average molecular weight is 286 g/mol. The Balaban J connectivity index is 2.15. The number of non-ortho nitro benzene ring substituents is 1. The number of aromatic nitrogens is 1. The van der Waals surface area contributed by atoms with E-state index < -0.39 is 0 Å². The maximum absolute atomic E-state index is 11.2. The van der Waals surface area contributed by atoms with Crippen molar-refractivity contribution in [1.82, 2.24) is 4.98 Å². The summed E-state index contributed by atoms with van der Waals surface area (Å²) in [5.41, 5.74) is 7.38. The molecule has 1 aromatic heterocycles. The van der Waals surface area contributed by atoms with E-state index in [-0.39, 0.29) is 10.6 Å². The van der Waals surface area contributed by atoms with Crippen LogP contribution in [-0.4, -0.2) is 29.0 Å². The largest absolute Gasteiger partial charge is 0.367 e. The van der Waals surface area contributed by atoms with Crippen LogP contribution in [0.2, 0.25) is 0 Å².